The van der Waals surface area contributed by atoms with Crippen molar-refractivity contribution in [2.24, 2.45) is 0 Å². The van der Waals surface area contributed by atoms with Crippen molar-refractivity contribution in [3.8, 4) is 11.5 Å². The molecule has 29 heavy (non-hydrogen) atoms. The summed E-state index contributed by atoms with van der Waals surface area (Å²) in [4.78, 5) is 0. The third kappa shape index (κ3) is 3.54. The molecule has 3 rings (SSSR count). The van der Waals surface area contributed by atoms with Crippen LogP contribution in [-0.4, -0.2) is 23.2 Å². The SMILES string of the molecule is O=S(=O)(O)C(c1ccccc1)(c1ccc(Cl)c(Cl)c1)c1cc(O)c(O)c(Cl)c1Cl. The van der Waals surface area contributed by atoms with Crippen LogP contribution in [0.2, 0.25) is 20.1 Å². The highest BCUT2D eigenvalue weighted by molar-refractivity contribution is 7.87. The maximum atomic E-state index is 12.9. The van der Waals surface area contributed by atoms with Gasteiger partial charge in [0, 0.05) is 5.56 Å². The van der Waals surface area contributed by atoms with Crippen LogP contribution < -0.4 is 0 Å². The molecule has 152 valence electrons. The van der Waals surface area contributed by atoms with Gasteiger partial charge in [0.15, 0.2) is 16.2 Å². The third-order valence-corrected chi connectivity index (χ3v) is 7.49. The lowest BCUT2D eigenvalue weighted by Crippen LogP contribution is -2.38. The Bertz CT molecular complexity index is 1200. The Morgan fingerprint density at radius 3 is 1.93 bits per heavy atom. The van der Waals surface area contributed by atoms with Gasteiger partial charge in [-0.25, -0.2) is 0 Å². The van der Waals surface area contributed by atoms with Crippen LogP contribution in [0.15, 0.2) is 54.6 Å². The van der Waals surface area contributed by atoms with Gasteiger partial charge < -0.3 is 10.2 Å². The summed E-state index contributed by atoms with van der Waals surface area (Å²) in [5.41, 5.74) is -0.209. The van der Waals surface area contributed by atoms with E-state index in [1.54, 1.807) is 18.2 Å². The van der Waals surface area contributed by atoms with Crippen LogP contribution in [0.1, 0.15) is 16.7 Å². The highest BCUT2D eigenvalue weighted by Crippen LogP contribution is 2.52. The Morgan fingerprint density at radius 2 is 1.38 bits per heavy atom. The summed E-state index contributed by atoms with van der Waals surface area (Å²) >= 11 is 24.4. The van der Waals surface area contributed by atoms with Gasteiger partial charge in [-0.15, -0.1) is 0 Å². The Kier molecular flexibility index (Phi) is 5.98. The van der Waals surface area contributed by atoms with Gasteiger partial charge in [-0.2, -0.15) is 8.42 Å². The molecule has 0 spiro atoms. The average molecular weight is 494 g/mol. The first-order valence-corrected chi connectivity index (χ1v) is 10.9. The Morgan fingerprint density at radius 1 is 0.759 bits per heavy atom. The molecule has 0 radical (unpaired) electrons. The first-order valence-electron chi connectivity index (χ1n) is 7.90. The van der Waals surface area contributed by atoms with Gasteiger partial charge in [0.1, 0.15) is 5.02 Å². The lowest BCUT2D eigenvalue weighted by Gasteiger charge is -2.33. The monoisotopic (exact) mass is 492 g/mol. The van der Waals surface area contributed by atoms with Crippen molar-refractivity contribution in [2.45, 2.75) is 4.75 Å². The summed E-state index contributed by atoms with van der Waals surface area (Å²) in [5.74, 6) is -1.45. The minimum Gasteiger partial charge on any atom is -0.504 e. The summed E-state index contributed by atoms with van der Waals surface area (Å²) in [6.07, 6.45) is 0. The second-order valence-electron chi connectivity index (χ2n) is 6.07. The Hall–Kier alpha value is -1.67. The van der Waals surface area contributed by atoms with Crippen LogP contribution in [0.4, 0.5) is 0 Å². The molecular weight excluding hydrogens is 482 g/mol. The van der Waals surface area contributed by atoms with Crippen molar-refractivity contribution in [3.05, 3.63) is 91.4 Å². The Labute approximate surface area is 186 Å². The fraction of sp³-hybridized carbons (Fsp3) is 0.0526. The van der Waals surface area contributed by atoms with E-state index in [0.29, 0.717) is 0 Å². The summed E-state index contributed by atoms with van der Waals surface area (Å²) in [7, 11) is -5.02. The van der Waals surface area contributed by atoms with E-state index in [2.05, 4.69) is 0 Å². The molecule has 10 heteroatoms. The van der Waals surface area contributed by atoms with Gasteiger partial charge in [0.05, 0.1) is 15.1 Å². The second kappa shape index (κ2) is 7.87. The van der Waals surface area contributed by atoms with Crippen LogP contribution in [-0.2, 0) is 14.9 Å². The molecule has 0 amide bonds. The van der Waals surface area contributed by atoms with Crippen LogP contribution in [0, 0.1) is 0 Å². The zero-order valence-corrected chi connectivity index (χ0v) is 18.1. The predicted octanol–water partition coefficient (Wildman–Crippen LogP) is 5.89. The summed E-state index contributed by atoms with van der Waals surface area (Å²) < 4.78 is 34.0. The number of hydrogen-bond donors (Lipinski definition) is 3. The van der Waals surface area contributed by atoms with E-state index in [4.69, 9.17) is 46.4 Å². The molecule has 0 bridgehead atoms. The largest absolute Gasteiger partial charge is 0.504 e. The predicted molar refractivity (Wildman–Crippen MR) is 114 cm³/mol. The number of aromatic hydroxyl groups is 2. The summed E-state index contributed by atoms with van der Waals surface area (Å²) in [6, 6.07) is 12.6. The van der Waals surface area contributed by atoms with E-state index in [9.17, 15) is 23.2 Å². The number of rotatable bonds is 4. The summed E-state index contributed by atoms with van der Waals surface area (Å²) in [5, 5.41) is 19.3. The average Bonchev–Trinajstić information content (AvgIpc) is 2.67. The van der Waals surface area contributed by atoms with E-state index in [1.165, 1.54) is 30.3 Å². The quantitative estimate of drug-likeness (QED) is 0.239. The van der Waals surface area contributed by atoms with Gasteiger partial charge in [0.25, 0.3) is 10.1 Å². The fourth-order valence-electron chi connectivity index (χ4n) is 3.16. The topological polar surface area (TPSA) is 94.8 Å². The van der Waals surface area contributed by atoms with Crippen LogP contribution >= 0.6 is 46.4 Å². The minimum absolute atomic E-state index is 0.0105. The number of halogens is 4. The molecule has 0 heterocycles. The lowest BCUT2D eigenvalue weighted by atomic mass is 9.83. The molecule has 0 fully saturated rings. The lowest BCUT2D eigenvalue weighted by molar-refractivity contribution is 0.402. The van der Waals surface area contributed by atoms with Crippen LogP contribution in [0.25, 0.3) is 0 Å². The van der Waals surface area contributed by atoms with Crippen molar-refractivity contribution < 1.29 is 23.2 Å². The molecule has 0 aliphatic heterocycles. The maximum absolute atomic E-state index is 12.9. The highest BCUT2D eigenvalue weighted by atomic mass is 35.5. The zero-order chi connectivity index (χ0) is 21.6. The second-order valence-corrected chi connectivity index (χ2v) is 9.20. The van der Waals surface area contributed by atoms with E-state index >= 15 is 0 Å². The molecule has 0 saturated carbocycles. The first-order chi connectivity index (χ1) is 13.5. The molecule has 0 saturated heterocycles. The molecule has 1 unspecified atom stereocenters. The van der Waals surface area contributed by atoms with Crippen molar-refractivity contribution >= 4 is 56.5 Å². The maximum Gasteiger partial charge on any atom is 0.283 e. The van der Waals surface area contributed by atoms with Gasteiger partial charge in [-0.3, -0.25) is 4.55 Å². The van der Waals surface area contributed by atoms with Crippen LogP contribution in [0.5, 0.6) is 11.5 Å². The van der Waals surface area contributed by atoms with Crippen molar-refractivity contribution in [1.82, 2.24) is 0 Å². The van der Waals surface area contributed by atoms with Crippen molar-refractivity contribution in [3.63, 3.8) is 0 Å². The first kappa shape index (κ1) is 22.0. The Balaban J connectivity index is 2.60. The number of phenolic OH excluding ortho intramolecular Hbond substituents is 2. The molecular formula is C19H12Cl4O5S. The van der Waals surface area contributed by atoms with E-state index in [-0.39, 0.29) is 31.8 Å². The molecule has 3 aromatic carbocycles. The normalized spacial score (nSPS) is 13.8. The third-order valence-electron chi connectivity index (χ3n) is 4.43. The molecule has 0 aliphatic rings. The fourth-order valence-corrected chi connectivity index (χ4v) is 5.30. The van der Waals surface area contributed by atoms with Crippen LogP contribution in [0.3, 0.4) is 0 Å². The summed E-state index contributed by atoms with van der Waals surface area (Å²) in [6.45, 7) is 0. The molecule has 3 aromatic rings. The number of hydrogen-bond acceptors (Lipinski definition) is 4. The molecule has 5 nitrogen and oxygen atoms in total. The molecule has 0 aliphatic carbocycles. The van der Waals surface area contributed by atoms with Crippen molar-refractivity contribution in [2.75, 3.05) is 0 Å². The molecule has 1 atom stereocenters. The molecule has 0 aromatic heterocycles. The van der Waals surface area contributed by atoms with Gasteiger partial charge in [-0.1, -0.05) is 82.8 Å². The highest BCUT2D eigenvalue weighted by Gasteiger charge is 2.50. The van der Waals surface area contributed by atoms with Crippen molar-refractivity contribution in [1.29, 1.82) is 0 Å². The van der Waals surface area contributed by atoms with Gasteiger partial charge >= 0.3 is 0 Å². The standard InChI is InChI=1S/C19H12Cl4O5S/c20-13-7-6-11(8-14(13)21)19(29(26,27)28,10-4-2-1-3-5-10)12-9-15(24)18(25)17(23)16(12)22/h1-9,24-25H,(H,26,27,28). The number of benzene rings is 3. The smallest absolute Gasteiger partial charge is 0.283 e. The van der Waals surface area contributed by atoms with Gasteiger partial charge in [0.2, 0.25) is 0 Å². The van der Waals surface area contributed by atoms with E-state index in [1.807, 2.05) is 0 Å². The zero-order valence-electron chi connectivity index (χ0n) is 14.3. The minimum atomic E-state index is -5.02. The molecule has 3 N–H and O–H groups in total. The number of phenols is 2. The van der Waals surface area contributed by atoms with E-state index in [0.717, 1.165) is 6.07 Å². The van der Waals surface area contributed by atoms with Gasteiger partial charge in [-0.05, 0) is 29.3 Å². The van der Waals surface area contributed by atoms with E-state index < -0.39 is 31.4 Å².